The van der Waals surface area contributed by atoms with Crippen LogP contribution in [0.25, 0.3) is 0 Å². The number of sulfonamides is 1. The molecule has 0 heterocycles. The fourth-order valence-corrected chi connectivity index (χ4v) is 2.82. The van der Waals surface area contributed by atoms with Crippen molar-refractivity contribution in [2.45, 2.75) is 11.4 Å². The zero-order chi connectivity index (χ0) is 15.5. The number of rotatable bonds is 5. The van der Waals surface area contributed by atoms with Crippen molar-refractivity contribution in [3.05, 3.63) is 65.5 Å². The van der Waals surface area contributed by atoms with Crippen LogP contribution in [0.4, 0.5) is 4.39 Å². The van der Waals surface area contributed by atoms with E-state index >= 15 is 0 Å². The standard InChI is InChI=1S/C14H13FN2O2S2/c15-12-5-7-13(8-6-12)21(18,19)17-9-10-1-3-11(4-2-10)14(16)20/h1-8,17H,9H2,(H2,16,20). The first-order valence-electron chi connectivity index (χ1n) is 6.02. The zero-order valence-electron chi connectivity index (χ0n) is 10.9. The number of halogens is 1. The van der Waals surface area contributed by atoms with E-state index in [1.807, 2.05) is 0 Å². The second kappa shape index (κ2) is 6.30. The Kier molecular flexibility index (Phi) is 4.66. The van der Waals surface area contributed by atoms with Gasteiger partial charge in [0.25, 0.3) is 0 Å². The second-order valence-electron chi connectivity index (χ2n) is 4.34. The van der Waals surface area contributed by atoms with Crippen LogP contribution in [0.2, 0.25) is 0 Å². The monoisotopic (exact) mass is 324 g/mol. The Hall–Kier alpha value is -1.83. The van der Waals surface area contributed by atoms with Gasteiger partial charge in [0.05, 0.1) is 4.90 Å². The van der Waals surface area contributed by atoms with Crippen molar-refractivity contribution < 1.29 is 12.8 Å². The van der Waals surface area contributed by atoms with Crippen molar-refractivity contribution in [1.82, 2.24) is 4.72 Å². The first-order chi connectivity index (χ1) is 9.88. The lowest BCUT2D eigenvalue weighted by molar-refractivity contribution is 0.580. The molecule has 0 spiro atoms. The Labute approximate surface area is 127 Å². The number of nitrogens with one attached hydrogen (secondary N) is 1. The van der Waals surface area contributed by atoms with Crippen molar-refractivity contribution in [2.24, 2.45) is 5.73 Å². The number of nitrogens with two attached hydrogens (primary N) is 1. The fraction of sp³-hybridized carbons (Fsp3) is 0.0714. The SMILES string of the molecule is NC(=S)c1ccc(CNS(=O)(=O)c2ccc(F)cc2)cc1. The first kappa shape index (κ1) is 15.6. The summed E-state index contributed by atoms with van der Waals surface area (Å²) in [5.41, 5.74) is 6.97. The van der Waals surface area contributed by atoms with Gasteiger partial charge in [-0.05, 0) is 29.8 Å². The molecule has 0 saturated heterocycles. The third-order valence-electron chi connectivity index (χ3n) is 2.83. The Morgan fingerprint density at radius 1 is 1.10 bits per heavy atom. The summed E-state index contributed by atoms with van der Waals surface area (Å²) in [5, 5.41) is 0. The molecule has 0 atom stereocenters. The molecule has 4 nitrogen and oxygen atoms in total. The van der Waals surface area contributed by atoms with Crippen LogP contribution in [0.5, 0.6) is 0 Å². The van der Waals surface area contributed by atoms with Crippen LogP contribution >= 0.6 is 12.2 Å². The van der Waals surface area contributed by atoms with E-state index in [0.717, 1.165) is 23.3 Å². The maximum absolute atomic E-state index is 12.8. The minimum Gasteiger partial charge on any atom is -0.389 e. The van der Waals surface area contributed by atoms with E-state index in [2.05, 4.69) is 4.72 Å². The van der Waals surface area contributed by atoms with Crippen LogP contribution in [-0.4, -0.2) is 13.4 Å². The van der Waals surface area contributed by atoms with E-state index in [0.29, 0.717) is 0 Å². The van der Waals surface area contributed by atoms with Gasteiger partial charge in [0.1, 0.15) is 10.8 Å². The summed E-state index contributed by atoms with van der Waals surface area (Å²) in [6.07, 6.45) is 0. The second-order valence-corrected chi connectivity index (χ2v) is 6.55. The van der Waals surface area contributed by atoms with Crippen molar-refractivity contribution in [2.75, 3.05) is 0 Å². The minimum absolute atomic E-state index is 0.0173. The van der Waals surface area contributed by atoms with Crippen LogP contribution in [0.1, 0.15) is 11.1 Å². The number of hydrogen-bond acceptors (Lipinski definition) is 3. The van der Waals surface area contributed by atoms with Crippen LogP contribution in [0, 0.1) is 5.82 Å². The summed E-state index contributed by atoms with van der Waals surface area (Å²) >= 11 is 4.84. The maximum atomic E-state index is 12.8. The summed E-state index contributed by atoms with van der Waals surface area (Å²) < 4.78 is 39.3. The average molecular weight is 324 g/mol. The highest BCUT2D eigenvalue weighted by Crippen LogP contribution is 2.11. The number of benzene rings is 2. The molecule has 21 heavy (non-hydrogen) atoms. The molecule has 3 N–H and O–H groups in total. The molecule has 2 aromatic carbocycles. The summed E-state index contributed by atoms with van der Waals surface area (Å²) in [6.45, 7) is 0.122. The van der Waals surface area contributed by atoms with Gasteiger partial charge in [0.2, 0.25) is 10.0 Å². The molecular formula is C14H13FN2O2S2. The Balaban J connectivity index is 2.08. The summed E-state index contributed by atoms with van der Waals surface area (Å²) in [4.78, 5) is 0.303. The molecule has 0 aliphatic carbocycles. The van der Waals surface area contributed by atoms with Crippen molar-refractivity contribution in [3.63, 3.8) is 0 Å². The molecule has 0 saturated carbocycles. The molecule has 0 fully saturated rings. The van der Waals surface area contributed by atoms with Gasteiger partial charge in [-0.2, -0.15) is 0 Å². The number of hydrogen-bond donors (Lipinski definition) is 2. The minimum atomic E-state index is -3.67. The van der Waals surface area contributed by atoms with E-state index in [1.165, 1.54) is 12.1 Å². The van der Waals surface area contributed by atoms with E-state index in [9.17, 15) is 12.8 Å². The topological polar surface area (TPSA) is 72.2 Å². The lowest BCUT2D eigenvalue weighted by Crippen LogP contribution is -2.23. The van der Waals surface area contributed by atoms with Gasteiger partial charge in [0.15, 0.2) is 0 Å². The Morgan fingerprint density at radius 2 is 1.67 bits per heavy atom. The largest absolute Gasteiger partial charge is 0.389 e. The Morgan fingerprint density at radius 3 is 2.19 bits per heavy atom. The van der Waals surface area contributed by atoms with Crippen molar-refractivity contribution >= 4 is 27.2 Å². The average Bonchev–Trinajstić information content (AvgIpc) is 2.46. The molecule has 0 amide bonds. The number of thiocarbonyl (C=S) groups is 1. The predicted octanol–water partition coefficient (Wildman–Crippen LogP) is 1.94. The van der Waals surface area contributed by atoms with Gasteiger partial charge in [-0.15, -0.1) is 0 Å². The first-order valence-corrected chi connectivity index (χ1v) is 7.91. The normalized spacial score (nSPS) is 11.3. The van der Waals surface area contributed by atoms with Gasteiger partial charge in [0, 0.05) is 12.1 Å². The van der Waals surface area contributed by atoms with Gasteiger partial charge >= 0.3 is 0 Å². The fourth-order valence-electron chi connectivity index (χ4n) is 1.66. The maximum Gasteiger partial charge on any atom is 0.240 e. The molecule has 7 heteroatoms. The van der Waals surface area contributed by atoms with Crippen LogP contribution in [0.3, 0.4) is 0 Å². The lowest BCUT2D eigenvalue weighted by Gasteiger charge is -2.07. The molecule has 0 aliphatic heterocycles. The Bertz CT molecular complexity index is 742. The molecule has 110 valence electrons. The van der Waals surface area contributed by atoms with E-state index in [-0.39, 0.29) is 16.4 Å². The van der Waals surface area contributed by atoms with Gasteiger partial charge in [-0.3, -0.25) is 0 Å². The van der Waals surface area contributed by atoms with Crippen LogP contribution in [-0.2, 0) is 16.6 Å². The van der Waals surface area contributed by atoms with E-state index in [4.69, 9.17) is 18.0 Å². The van der Waals surface area contributed by atoms with Crippen molar-refractivity contribution in [3.8, 4) is 0 Å². The highest BCUT2D eigenvalue weighted by atomic mass is 32.2. The molecule has 0 aliphatic rings. The summed E-state index contributed by atoms with van der Waals surface area (Å²) in [7, 11) is -3.67. The summed E-state index contributed by atoms with van der Waals surface area (Å²) in [5.74, 6) is -0.484. The van der Waals surface area contributed by atoms with E-state index < -0.39 is 15.8 Å². The third-order valence-corrected chi connectivity index (χ3v) is 4.48. The van der Waals surface area contributed by atoms with Crippen LogP contribution < -0.4 is 10.5 Å². The van der Waals surface area contributed by atoms with Gasteiger partial charge < -0.3 is 5.73 Å². The van der Waals surface area contributed by atoms with Gasteiger partial charge in [-0.25, -0.2) is 17.5 Å². The lowest BCUT2D eigenvalue weighted by atomic mass is 10.1. The van der Waals surface area contributed by atoms with Crippen LogP contribution in [0.15, 0.2) is 53.4 Å². The third kappa shape index (κ3) is 4.07. The molecule has 0 radical (unpaired) electrons. The highest BCUT2D eigenvalue weighted by Gasteiger charge is 2.13. The van der Waals surface area contributed by atoms with E-state index in [1.54, 1.807) is 24.3 Å². The van der Waals surface area contributed by atoms with Crippen molar-refractivity contribution in [1.29, 1.82) is 0 Å². The molecule has 2 aromatic rings. The quantitative estimate of drug-likeness (QED) is 0.825. The molecule has 2 rings (SSSR count). The van der Waals surface area contributed by atoms with Gasteiger partial charge in [-0.1, -0.05) is 36.5 Å². The molecular weight excluding hydrogens is 311 g/mol. The zero-order valence-corrected chi connectivity index (χ0v) is 12.5. The predicted molar refractivity (Wildman–Crippen MR) is 82.8 cm³/mol. The molecule has 0 unspecified atom stereocenters. The molecule has 0 bridgehead atoms. The molecule has 0 aromatic heterocycles. The smallest absolute Gasteiger partial charge is 0.240 e. The summed E-state index contributed by atoms with van der Waals surface area (Å²) in [6, 6.07) is 11.6. The highest BCUT2D eigenvalue weighted by molar-refractivity contribution is 7.89.